The van der Waals surface area contributed by atoms with Gasteiger partial charge in [0.1, 0.15) is 5.75 Å². The van der Waals surface area contributed by atoms with Crippen LogP contribution in [0.1, 0.15) is 19.8 Å². The third kappa shape index (κ3) is 3.17. The number of benzene rings is 1. The Hall–Kier alpha value is -2.08. The molecule has 0 spiro atoms. The molecule has 1 aromatic carbocycles. The summed E-state index contributed by atoms with van der Waals surface area (Å²) in [5.74, 6) is 1.07. The molecule has 3 rings (SSSR count). The number of methoxy groups -OCH3 is 1. The minimum absolute atomic E-state index is 0.0131. The lowest BCUT2D eigenvalue weighted by Gasteiger charge is -2.20. The Morgan fingerprint density at radius 1 is 1.39 bits per heavy atom. The van der Waals surface area contributed by atoms with Crippen molar-refractivity contribution >= 4 is 23.2 Å². The Bertz CT molecular complexity index is 617. The normalized spacial score (nSPS) is 24.1. The minimum atomic E-state index is -0.0131. The molecule has 124 valence electrons. The standard InChI is InChI=1S/C17H23N3O3/c1-11-9-18-10-13(11)17(22)19-12-5-6-14(15(8-12)23-2)20-7-3-4-16(20)21/h5-6,8,11,13,18H,3-4,7,9-10H2,1-2H3,(H,19,22)/t11-,13-/m1/s1. The predicted octanol–water partition coefficient (Wildman–Crippen LogP) is 1.62. The van der Waals surface area contributed by atoms with Crippen LogP contribution in [0.4, 0.5) is 11.4 Å². The van der Waals surface area contributed by atoms with E-state index in [0.29, 0.717) is 36.9 Å². The Morgan fingerprint density at radius 3 is 2.83 bits per heavy atom. The van der Waals surface area contributed by atoms with Crippen molar-refractivity contribution in [2.75, 3.05) is 37.0 Å². The molecule has 2 heterocycles. The molecular weight excluding hydrogens is 294 g/mol. The summed E-state index contributed by atoms with van der Waals surface area (Å²) in [5.41, 5.74) is 1.46. The summed E-state index contributed by atoms with van der Waals surface area (Å²) in [6.07, 6.45) is 1.45. The molecule has 0 aromatic heterocycles. The molecule has 0 bridgehead atoms. The van der Waals surface area contributed by atoms with Gasteiger partial charge in [0.05, 0.1) is 18.7 Å². The van der Waals surface area contributed by atoms with Crippen LogP contribution >= 0.6 is 0 Å². The van der Waals surface area contributed by atoms with Crippen molar-refractivity contribution in [2.24, 2.45) is 11.8 Å². The fraction of sp³-hybridized carbons (Fsp3) is 0.529. The van der Waals surface area contributed by atoms with Crippen molar-refractivity contribution in [2.45, 2.75) is 19.8 Å². The topological polar surface area (TPSA) is 70.7 Å². The van der Waals surface area contributed by atoms with Gasteiger partial charge >= 0.3 is 0 Å². The predicted molar refractivity (Wildman–Crippen MR) is 88.7 cm³/mol. The second-order valence-electron chi connectivity index (χ2n) is 6.27. The van der Waals surface area contributed by atoms with Crippen LogP contribution in [0.2, 0.25) is 0 Å². The van der Waals surface area contributed by atoms with E-state index in [2.05, 4.69) is 17.6 Å². The molecule has 0 unspecified atom stereocenters. The van der Waals surface area contributed by atoms with Crippen LogP contribution in [-0.4, -0.2) is 38.6 Å². The lowest BCUT2D eigenvalue weighted by atomic mass is 9.97. The van der Waals surface area contributed by atoms with Crippen LogP contribution in [0.5, 0.6) is 5.75 Å². The van der Waals surface area contributed by atoms with E-state index in [1.807, 2.05) is 12.1 Å². The first-order chi connectivity index (χ1) is 11.1. The SMILES string of the molecule is COc1cc(NC(=O)[C@@H]2CNC[C@H]2C)ccc1N1CCCC1=O. The van der Waals surface area contributed by atoms with Crippen LogP contribution in [-0.2, 0) is 9.59 Å². The van der Waals surface area contributed by atoms with Crippen molar-refractivity contribution < 1.29 is 14.3 Å². The molecule has 2 fully saturated rings. The maximum atomic E-state index is 12.4. The van der Waals surface area contributed by atoms with E-state index < -0.39 is 0 Å². The first-order valence-electron chi connectivity index (χ1n) is 8.10. The molecule has 23 heavy (non-hydrogen) atoms. The molecule has 0 aliphatic carbocycles. The quantitative estimate of drug-likeness (QED) is 0.885. The van der Waals surface area contributed by atoms with Crippen molar-refractivity contribution in [3.8, 4) is 5.75 Å². The monoisotopic (exact) mass is 317 g/mol. The van der Waals surface area contributed by atoms with E-state index >= 15 is 0 Å². The van der Waals surface area contributed by atoms with Crippen molar-refractivity contribution in [1.29, 1.82) is 0 Å². The number of rotatable bonds is 4. The Labute approximate surface area is 136 Å². The van der Waals surface area contributed by atoms with E-state index in [0.717, 1.165) is 18.7 Å². The largest absolute Gasteiger partial charge is 0.494 e. The first kappa shape index (κ1) is 15.8. The van der Waals surface area contributed by atoms with Crippen molar-refractivity contribution in [3.05, 3.63) is 18.2 Å². The number of hydrogen-bond donors (Lipinski definition) is 2. The number of carbonyl (C=O) groups excluding carboxylic acids is 2. The summed E-state index contributed by atoms with van der Waals surface area (Å²) in [4.78, 5) is 26.0. The van der Waals surface area contributed by atoms with Gasteiger partial charge in [0.15, 0.2) is 0 Å². The number of anilines is 2. The highest BCUT2D eigenvalue weighted by Crippen LogP contribution is 2.34. The Balaban J connectivity index is 1.76. The third-order valence-electron chi connectivity index (χ3n) is 4.67. The summed E-state index contributed by atoms with van der Waals surface area (Å²) < 4.78 is 5.42. The minimum Gasteiger partial charge on any atom is -0.494 e. The van der Waals surface area contributed by atoms with Crippen molar-refractivity contribution in [1.82, 2.24) is 5.32 Å². The van der Waals surface area contributed by atoms with Crippen molar-refractivity contribution in [3.63, 3.8) is 0 Å². The highest BCUT2D eigenvalue weighted by atomic mass is 16.5. The number of nitrogens with zero attached hydrogens (tertiary/aromatic N) is 1. The van der Waals surface area contributed by atoms with E-state index in [-0.39, 0.29) is 17.7 Å². The molecule has 2 aliphatic rings. The molecule has 2 amide bonds. The second kappa shape index (κ2) is 6.58. The lowest BCUT2D eigenvalue weighted by Crippen LogP contribution is -2.28. The molecule has 0 radical (unpaired) electrons. The van der Waals surface area contributed by atoms with E-state index in [4.69, 9.17) is 4.74 Å². The average molecular weight is 317 g/mol. The van der Waals surface area contributed by atoms with Gasteiger partial charge in [-0.05, 0) is 31.0 Å². The summed E-state index contributed by atoms with van der Waals surface area (Å²) in [5, 5.41) is 6.19. The molecule has 2 saturated heterocycles. The van der Waals surface area contributed by atoms with Crippen LogP contribution in [0.25, 0.3) is 0 Å². The van der Waals surface area contributed by atoms with Gasteiger partial charge in [-0.25, -0.2) is 0 Å². The zero-order chi connectivity index (χ0) is 16.4. The smallest absolute Gasteiger partial charge is 0.229 e. The van der Waals surface area contributed by atoms with Crippen LogP contribution < -0.4 is 20.3 Å². The van der Waals surface area contributed by atoms with E-state index in [1.165, 1.54) is 0 Å². The van der Waals surface area contributed by atoms with Gasteiger partial charge in [0.25, 0.3) is 0 Å². The van der Waals surface area contributed by atoms with Gasteiger partial charge in [-0.2, -0.15) is 0 Å². The van der Waals surface area contributed by atoms with Gasteiger partial charge in [-0.15, -0.1) is 0 Å². The van der Waals surface area contributed by atoms with E-state index in [9.17, 15) is 9.59 Å². The molecule has 2 atom stereocenters. The molecule has 6 nitrogen and oxygen atoms in total. The van der Waals surface area contributed by atoms with Gasteiger partial charge in [-0.3, -0.25) is 9.59 Å². The van der Waals surface area contributed by atoms with E-state index in [1.54, 1.807) is 18.1 Å². The van der Waals surface area contributed by atoms with Gasteiger partial charge in [0, 0.05) is 31.3 Å². The first-order valence-corrected chi connectivity index (χ1v) is 8.10. The second-order valence-corrected chi connectivity index (χ2v) is 6.27. The molecule has 0 saturated carbocycles. The summed E-state index contributed by atoms with van der Waals surface area (Å²) in [6.45, 7) is 4.38. The zero-order valence-corrected chi connectivity index (χ0v) is 13.6. The molecule has 1 aromatic rings. The molecule has 2 N–H and O–H groups in total. The summed E-state index contributed by atoms with van der Waals surface area (Å²) in [6, 6.07) is 5.45. The zero-order valence-electron chi connectivity index (χ0n) is 13.6. The summed E-state index contributed by atoms with van der Waals surface area (Å²) >= 11 is 0. The van der Waals surface area contributed by atoms with Gasteiger partial charge in [-0.1, -0.05) is 6.92 Å². The number of carbonyl (C=O) groups is 2. The maximum absolute atomic E-state index is 12.4. The number of hydrogen-bond acceptors (Lipinski definition) is 4. The number of amides is 2. The fourth-order valence-electron chi connectivity index (χ4n) is 3.28. The maximum Gasteiger partial charge on any atom is 0.229 e. The van der Waals surface area contributed by atoms with Crippen LogP contribution in [0, 0.1) is 11.8 Å². The molecular formula is C17H23N3O3. The average Bonchev–Trinajstić information content (AvgIpc) is 3.15. The highest BCUT2D eigenvalue weighted by molar-refractivity contribution is 5.98. The Morgan fingerprint density at radius 2 is 2.22 bits per heavy atom. The van der Waals surface area contributed by atoms with Crippen LogP contribution in [0.3, 0.4) is 0 Å². The van der Waals surface area contributed by atoms with Gasteiger partial charge in [0.2, 0.25) is 11.8 Å². The molecule has 6 heteroatoms. The number of ether oxygens (including phenoxy) is 1. The van der Waals surface area contributed by atoms with Crippen LogP contribution in [0.15, 0.2) is 18.2 Å². The fourth-order valence-corrected chi connectivity index (χ4v) is 3.28. The lowest BCUT2D eigenvalue weighted by molar-refractivity contribution is -0.120. The Kier molecular flexibility index (Phi) is 4.52. The molecule has 2 aliphatic heterocycles. The number of nitrogens with one attached hydrogen (secondary N) is 2. The third-order valence-corrected chi connectivity index (χ3v) is 4.67. The highest BCUT2D eigenvalue weighted by Gasteiger charge is 2.30. The summed E-state index contributed by atoms with van der Waals surface area (Å²) in [7, 11) is 1.58. The van der Waals surface area contributed by atoms with Gasteiger partial charge < -0.3 is 20.3 Å².